The Hall–Kier alpha value is -6.52. The summed E-state index contributed by atoms with van der Waals surface area (Å²) < 4.78 is 13.7. The maximum absolute atomic E-state index is 13.7. The van der Waals surface area contributed by atoms with Gasteiger partial charge in [-0.25, -0.2) is 4.39 Å². The van der Waals surface area contributed by atoms with Crippen molar-refractivity contribution >= 4 is 0 Å². The average molecular weight is 808 g/mol. The van der Waals surface area contributed by atoms with E-state index >= 15 is 0 Å². The number of pyridine rings is 3. The first kappa shape index (κ1) is 47.2. The van der Waals surface area contributed by atoms with E-state index in [-0.39, 0.29) is 5.82 Å². The smallest absolute Gasteiger partial charge is 0.131 e. The fraction of sp³-hybridized carbons (Fsp3) is 0.211. The molecule has 0 unspecified atom stereocenters. The highest BCUT2D eigenvalue weighted by Crippen LogP contribution is 2.27. The minimum Gasteiger partial charge on any atom is -0.264 e. The summed E-state index contributed by atoms with van der Waals surface area (Å²) >= 11 is 0. The van der Waals surface area contributed by atoms with Crippen molar-refractivity contribution in [2.45, 2.75) is 74.1 Å². The zero-order chi connectivity index (χ0) is 44.0. The van der Waals surface area contributed by atoms with E-state index in [2.05, 4.69) is 186 Å². The minimum atomic E-state index is -0.197. The van der Waals surface area contributed by atoms with Crippen LogP contribution < -0.4 is 0 Å². The number of rotatable bonds is 6. The molecule has 0 saturated heterocycles. The van der Waals surface area contributed by atoms with E-state index in [1.807, 2.05) is 61.1 Å². The SMILES string of the molecule is CC(C)C.CC(C)c1ccc(F)c(-c2cccnc2)c1.Cc1cccc(-c2cccnc2)c1.Cc1cncc(-c2cccc(C(C)C)c2)c1.c1ccc(-c2ccccc2)cc1. The Morgan fingerprint density at radius 2 is 0.820 bits per heavy atom. The van der Waals surface area contributed by atoms with Crippen LogP contribution in [-0.2, 0) is 0 Å². The molecule has 0 aliphatic heterocycles. The van der Waals surface area contributed by atoms with Crippen LogP contribution in [0.2, 0.25) is 0 Å². The summed E-state index contributed by atoms with van der Waals surface area (Å²) in [6, 6.07) is 53.0. The van der Waals surface area contributed by atoms with Gasteiger partial charge in [-0.05, 0) is 106 Å². The maximum Gasteiger partial charge on any atom is 0.131 e. The topological polar surface area (TPSA) is 38.7 Å². The highest BCUT2D eigenvalue weighted by Gasteiger charge is 2.08. The van der Waals surface area contributed by atoms with Gasteiger partial charge in [-0.2, -0.15) is 0 Å². The van der Waals surface area contributed by atoms with Crippen molar-refractivity contribution in [3.8, 4) is 44.5 Å². The lowest BCUT2D eigenvalue weighted by Gasteiger charge is -2.09. The van der Waals surface area contributed by atoms with E-state index in [0.717, 1.165) is 17.0 Å². The molecule has 0 N–H and O–H groups in total. The van der Waals surface area contributed by atoms with Crippen molar-refractivity contribution < 1.29 is 4.39 Å². The van der Waals surface area contributed by atoms with E-state index in [4.69, 9.17) is 0 Å². The highest BCUT2D eigenvalue weighted by atomic mass is 19.1. The molecule has 0 aliphatic rings. The lowest BCUT2D eigenvalue weighted by molar-refractivity contribution is 0.629. The molecule has 3 nitrogen and oxygen atoms in total. The molecule has 312 valence electrons. The Balaban J connectivity index is 0.000000175. The van der Waals surface area contributed by atoms with Gasteiger partial charge in [0.1, 0.15) is 5.82 Å². The van der Waals surface area contributed by atoms with E-state index in [1.165, 1.54) is 56.1 Å². The summed E-state index contributed by atoms with van der Waals surface area (Å²) in [6.07, 6.45) is 10.9. The number of nitrogens with zero attached hydrogens (tertiary/aromatic N) is 3. The molecule has 0 saturated carbocycles. The van der Waals surface area contributed by atoms with Crippen LogP contribution >= 0.6 is 0 Å². The molecule has 3 aromatic heterocycles. The molecule has 0 atom stereocenters. The first-order valence-electron chi connectivity index (χ1n) is 21.2. The predicted molar refractivity (Wildman–Crippen MR) is 259 cm³/mol. The van der Waals surface area contributed by atoms with Gasteiger partial charge in [0.05, 0.1) is 0 Å². The van der Waals surface area contributed by atoms with Crippen molar-refractivity contribution in [2.24, 2.45) is 5.92 Å². The third kappa shape index (κ3) is 16.6. The molecule has 5 aromatic carbocycles. The molecule has 0 bridgehead atoms. The Bertz CT molecular complexity index is 2390. The van der Waals surface area contributed by atoms with Crippen LogP contribution in [0.4, 0.5) is 4.39 Å². The second-order valence-electron chi connectivity index (χ2n) is 16.2. The molecular weight excluding hydrogens is 746 g/mol. The molecule has 3 heterocycles. The molecule has 0 aliphatic carbocycles. The first-order valence-corrected chi connectivity index (χ1v) is 21.2. The summed E-state index contributed by atoms with van der Waals surface area (Å²) in [4.78, 5) is 12.3. The second kappa shape index (κ2) is 25.2. The Kier molecular flexibility index (Phi) is 19.5. The van der Waals surface area contributed by atoms with E-state index in [1.54, 1.807) is 18.6 Å². The number of aromatic nitrogens is 3. The van der Waals surface area contributed by atoms with Crippen molar-refractivity contribution in [1.29, 1.82) is 0 Å². The van der Waals surface area contributed by atoms with Gasteiger partial charge >= 0.3 is 0 Å². The van der Waals surface area contributed by atoms with Gasteiger partial charge in [0, 0.05) is 53.9 Å². The Morgan fingerprint density at radius 3 is 1.33 bits per heavy atom. The summed E-state index contributed by atoms with van der Waals surface area (Å²) in [5.41, 5.74) is 13.8. The summed E-state index contributed by atoms with van der Waals surface area (Å²) in [5.74, 6) is 1.60. The van der Waals surface area contributed by atoms with Crippen molar-refractivity contribution in [2.75, 3.05) is 0 Å². The van der Waals surface area contributed by atoms with Crippen LogP contribution in [0, 0.1) is 25.6 Å². The Morgan fingerprint density at radius 1 is 0.361 bits per heavy atom. The predicted octanol–water partition coefficient (Wildman–Crippen LogP) is 16.3. The van der Waals surface area contributed by atoms with Gasteiger partial charge in [-0.15, -0.1) is 0 Å². The number of halogens is 1. The average Bonchev–Trinajstić information content (AvgIpc) is 3.28. The van der Waals surface area contributed by atoms with Gasteiger partial charge in [0.25, 0.3) is 0 Å². The van der Waals surface area contributed by atoms with Crippen LogP contribution in [0.15, 0.2) is 195 Å². The molecule has 0 fully saturated rings. The van der Waals surface area contributed by atoms with E-state index in [9.17, 15) is 4.39 Å². The van der Waals surface area contributed by atoms with Crippen LogP contribution in [0.3, 0.4) is 0 Å². The second-order valence-corrected chi connectivity index (χ2v) is 16.2. The summed E-state index contributed by atoms with van der Waals surface area (Å²) in [5, 5.41) is 0. The van der Waals surface area contributed by atoms with Gasteiger partial charge in [-0.1, -0.05) is 181 Å². The number of hydrogen-bond acceptors (Lipinski definition) is 3. The molecule has 8 aromatic rings. The quantitative estimate of drug-likeness (QED) is 0.168. The fourth-order valence-electron chi connectivity index (χ4n) is 6.05. The zero-order valence-electron chi connectivity index (χ0n) is 37.4. The summed E-state index contributed by atoms with van der Waals surface area (Å²) in [6.45, 7) is 19.3. The Labute approximate surface area is 365 Å². The van der Waals surface area contributed by atoms with E-state index in [0.29, 0.717) is 17.4 Å². The van der Waals surface area contributed by atoms with Gasteiger partial charge in [-0.3, -0.25) is 15.0 Å². The molecule has 0 spiro atoms. The number of benzene rings is 5. The molecule has 61 heavy (non-hydrogen) atoms. The number of hydrogen-bond donors (Lipinski definition) is 0. The lowest BCUT2D eigenvalue weighted by atomic mass is 9.98. The zero-order valence-corrected chi connectivity index (χ0v) is 37.4. The molecular formula is C57H62FN3. The van der Waals surface area contributed by atoms with Gasteiger partial charge < -0.3 is 0 Å². The van der Waals surface area contributed by atoms with Gasteiger partial charge in [0.15, 0.2) is 0 Å². The third-order valence-electron chi connectivity index (χ3n) is 9.29. The highest BCUT2D eigenvalue weighted by molar-refractivity contribution is 5.66. The van der Waals surface area contributed by atoms with Crippen molar-refractivity contribution in [3.63, 3.8) is 0 Å². The van der Waals surface area contributed by atoms with Crippen LogP contribution in [0.5, 0.6) is 0 Å². The summed E-state index contributed by atoms with van der Waals surface area (Å²) in [7, 11) is 0. The molecule has 4 heteroatoms. The first-order chi connectivity index (χ1) is 29.4. The largest absolute Gasteiger partial charge is 0.264 e. The molecule has 0 radical (unpaired) electrons. The van der Waals surface area contributed by atoms with Crippen molar-refractivity contribution in [3.05, 3.63) is 223 Å². The number of aryl methyl sites for hydroxylation is 2. The van der Waals surface area contributed by atoms with Gasteiger partial charge in [0.2, 0.25) is 0 Å². The fourth-order valence-corrected chi connectivity index (χ4v) is 6.05. The molecule has 8 rings (SSSR count). The van der Waals surface area contributed by atoms with Crippen molar-refractivity contribution in [1.82, 2.24) is 15.0 Å². The monoisotopic (exact) mass is 807 g/mol. The minimum absolute atomic E-state index is 0.197. The lowest BCUT2D eigenvalue weighted by Crippen LogP contribution is -1.91. The standard InChI is InChI=1S/C15H17N.C14H14FN.C12H11N.C12H10.C4H10/c1-11(2)13-5-4-6-14(8-13)15-7-12(3)9-16-10-15;1-10(2)11-5-6-14(15)13(8-11)12-4-3-7-16-9-12;1-10-4-2-5-11(8-10)12-6-3-7-13-9-12;1-3-7-11(8-4-1)12-9-5-2-6-10-12;1-4(2)3/h4-11H,1-3H3;3-10H,1-2H3;2-9H,1H3;1-10H;4H,1-3H3. The molecule has 0 amide bonds. The maximum atomic E-state index is 13.7. The van der Waals surface area contributed by atoms with Crippen LogP contribution in [-0.4, -0.2) is 15.0 Å². The normalized spacial score (nSPS) is 10.2. The third-order valence-corrected chi connectivity index (χ3v) is 9.29. The van der Waals surface area contributed by atoms with E-state index < -0.39 is 0 Å². The van der Waals surface area contributed by atoms with Crippen LogP contribution in [0.1, 0.15) is 82.6 Å². The van der Waals surface area contributed by atoms with Crippen LogP contribution in [0.25, 0.3) is 44.5 Å².